The summed E-state index contributed by atoms with van der Waals surface area (Å²) in [5.41, 5.74) is -0.860. The molecule has 1 aromatic heterocycles. The normalized spacial score (nSPS) is 26.8. The topological polar surface area (TPSA) is 88.3 Å². The van der Waals surface area contributed by atoms with Crippen molar-refractivity contribution in [2.45, 2.75) is 58.7 Å². The Morgan fingerprint density at radius 1 is 1.40 bits per heavy atom. The molecule has 1 aliphatic rings. The molecule has 2 amide bonds. The molecule has 2 heterocycles. The zero-order valence-corrected chi connectivity index (χ0v) is 12.3. The van der Waals surface area contributed by atoms with Crippen molar-refractivity contribution in [3.8, 4) is 0 Å². The van der Waals surface area contributed by atoms with Crippen LogP contribution in [0.2, 0.25) is 0 Å². The largest absolute Gasteiger partial charge is 0.340 e. The summed E-state index contributed by atoms with van der Waals surface area (Å²) in [7, 11) is 0. The first kappa shape index (κ1) is 14.5. The summed E-state index contributed by atoms with van der Waals surface area (Å²) in [4.78, 5) is 30.5. The van der Waals surface area contributed by atoms with Crippen LogP contribution in [0.25, 0.3) is 0 Å². The molecular formula is C13H20N4O3. The van der Waals surface area contributed by atoms with Crippen LogP contribution in [0.3, 0.4) is 0 Å². The zero-order valence-electron chi connectivity index (χ0n) is 12.3. The molecule has 1 saturated heterocycles. The van der Waals surface area contributed by atoms with Crippen molar-refractivity contribution >= 4 is 11.8 Å². The molecule has 1 N–H and O–H groups in total. The van der Waals surface area contributed by atoms with Gasteiger partial charge < -0.3 is 14.7 Å². The fourth-order valence-corrected chi connectivity index (χ4v) is 2.39. The summed E-state index contributed by atoms with van der Waals surface area (Å²) in [6.45, 7) is 7.38. The second-order valence-corrected chi connectivity index (χ2v) is 5.26. The van der Waals surface area contributed by atoms with Crippen molar-refractivity contribution in [2.24, 2.45) is 0 Å². The van der Waals surface area contributed by atoms with Gasteiger partial charge in [0.2, 0.25) is 17.7 Å². The van der Waals surface area contributed by atoms with Gasteiger partial charge >= 0.3 is 0 Å². The molecule has 0 aliphatic carbocycles. The average molecular weight is 280 g/mol. The molecule has 1 aromatic rings. The second kappa shape index (κ2) is 5.22. The summed E-state index contributed by atoms with van der Waals surface area (Å²) in [5.74, 6) is 0.633. The minimum atomic E-state index is -0.860. The van der Waals surface area contributed by atoms with Crippen LogP contribution >= 0.6 is 0 Å². The molecule has 1 aliphatic heterocycles. The molecule has 0 saturated carbocycles. The summed E-state index contributed by atoms with van der Waals surface area (Å²) in [6.07, 6.45) is 1.09. The summed E-state index contributed by atoms with van der Waals surface area (Å²) in [5, 5.41) is 6.62. The lowest BCUT2D eigenvalue weighted by Gasteiger charge is -2.43. The number of aryl methyl sites for hydroxylation is 1. The third-order valence-corrected chi connectivity index (χ3v) is 3.79. The Balaban J connectivity index is 2.29. The van der Waals surface area contributed by atoms with Gasteiger partial charge in [0.25, 0.3) is 0 Å². The van der Waals surface area contributed by atoms with Crippen LogP contribution in [0, 0.1) is 6.92 Å². The highest BCUT2D eigenvalue weighted by Gasteiger charge is 2.46. The van der Waals surface area contributed by atoms with Gasteiger partial charge in [0.05, 0.1) is 6.54 Å². The van der Waals surface area contributed by atoms with Gasteiger partial charge in [0, 0.05) is 6.92 Å². The van der Waals surface area contributed by atoms with Crippen molar-refractivity contribution in [3.05, 3.63) is 11.7 Å². The smallest absolute Gasteiger partial charge is 0.249 e. The van der Waals surface area contributed by atoms with E-state index in [4.69, 9.17) is 4.52 Å². The van der Waals surface area contributed by atoms with E-state index in [-0.39, 0.29) is 18.4 Å². The number of carbonyl (C=O) groups excluding carboxylic acids is 2. The van der Waals surface area contributed by atoms with Crippen molar-refractivity contribution in [2.75, 3.05) is 0 Å². The highest BCUT2D eigenvalue weighted by atomic mass is 16.5. The van der Waals surface area contributed by atoms with Gasteiger partial charge in [-0.15, -0.1) is 0 Å². The number of nitrogens with zero attached hydrogens (tertiary/aromatic N) is 3. The summed E-state index contributed by atoms with van der Waals surface area (Å²) < 4.78 is 4.92. The van der Waals surface area contributed by atoms with E-state index < -0.39 is 11.6 Å². The maximum absolute atomic E-state index is 12.6. The maximum atomic E-state index is 12.6. The number of piperazine rings is 1. The monoisotopic (exact) mass is 280 g/mol. The van der Waals surface area contributed by atoms with Gasteiger partial charge in [-0.3, -0.25) is 9.59 Å². The third-order valence-electron chi connectivity index (χ3n) is 3.79. The van der Waals surface area contributed by atoms with E-state index in [1.165, 1.54) is 0 Å². The number of amides is 2. The van der Waals surface area contributed by atoms with Gasteiger partial charge in [0.1, 0.15) is 11.6 Å². The Morgan fingerprint density at radius 3 is 2.60 bits per heavy atom. The predicted octanol–water partition coefficient (Wildman–Crippen LogP) is 0.784. The molecule has 110 valence electrons. The van der Waals surface area contributed by atoms with E-state index in [0.29, 0.717) is 24.6 Å². The number of hydrogen-bond acceptors (Lipinski definition) is 5. The molecule has 0 spiro atoms. The van der Waals surface area contributed by atoms with Crippen LogP contribution in [0.4, 0.5) is 0 Å². The first-order chi connectivity index (χ1) is 9.41. The standard InChI is InChI=1S/C13H20N4O3/c1-5-9-11(18)15-13(4,6-2)12(19)17(9)7-10-14-8(3)20-16-10/h9H,5-7H2,1-4H3,(H,15,18). The SMILES string of the molecule is CCC1C(=O)NC(C)(CC)C(=O)N1Cc1noc(C)n1. The van der Waals surface area contributed by atoms with Crippen molar-refractivity contribution in [3.63, 3.8) is 0 Å². The number of nitrogens with one attached hydrogen (secondary N) is 1. The molecule has 20 heavy (non-hydrogen) atoms. The molecule has 7 heteroatoms. The lowest BCUT2D eigenvalue weighted by Crippen LogP contribution is -2.68. The van der Waals surface area contributed by atoms with E-state index in [1.807, 2.05) is 13.8 Å². The van der Waals surface area contributed by atoms with E-state index in [2.05, 4.69) is 15.5 Å². The molecule has 0 radical (unpaired) electrons. The van der Waals surface area contributed by atoms with Gasteiger partial charge in [-0.1, -0.05) is 19.0 Å². The highest BCUT2D eigenvalue weighted by Crippen LogP contribution is 2.24. The van der Waals surface area contributed by atoms with Gasteiger partial charge in [-0.05, 0) is 19.8 Å². The third kappa shape index (κ3) is 2.39. The Labute approximate surface area is 117 Å². The fourth-order valence-electron chi connectivity index (χ4n) is 2.39. The Morgan fingerprint density at radius 2 is 2.10 bits per heavy atom. The summed E-state index contributed by atoms with van der Waals surface area (Å²) in [6, 6.07) is -0.485. The minimum absolute atomic E-state index is 0.103. The molecule has 7 nitrogen and oxygen atoms in total. The number of carbonyl (C=O) groups is 2. The maximum Gasteiger partial charge on any atom is 0.249 e. The van der Waals surface area contributed by atoms with E-state index in [1.54, 1.807) is 18.7 Å². The average Bonchev–Trinajstić information content (AvgIpc) is 2.81. The minimum Gasteiger partial charge on any atom is -0.340 e. The lowest BCUT2D eigenvalue weighted by atomic mass is 9.91. The molecule has 2 rings (SSSR count). The van der Waals surface area contributed by atoms with Gasteiger partial charge in [0.15, 0.2) is 5.82 Å². The number of hydrogen-bond donors (Lipinski definition) is 1. The first-order valence-corrected chi connectivity index (χ1v) is 6.83. The van der Waals surface area contributed by atoms with Crippen LogP contribution in [0.5, 0.6) is 0 Å². The molecule has 0 aromatic carbocycles. The van der Waals surface area contributed by atoms with Gasteiger partial charge in [-0.25, -0.2) is 0 Å². The lowest BCUT2D eigenvalue weighted by molar-refractivity contribution is -0.155. The van der Waals surface area contributed by atoms with Crippen LogP contribution in [-0.2, 0) is 16.1 Å². The second-order valence-electron chi connectivity index (χ2n) is 5.26. The molecule has 2 atom stereocenters. The summed E-state index contributed by atoms with van der Waals surface area (Å²) >= 11 is 0. The Hall–Kier alpha value is -1.92. The van der Waals surface area contributed by atoms with Crippen LogP contribution in [0.15, 0.2) is 4.52 Å². The van der Waals surface area contributed by atoms with Crippen molar-refractivity contribution in [1.29, 1.82) is 0 Å². The van der Waals surface area contributed by atoms with E-state index in [0.717, 1.165) is 0 Å². The van der Waals surface area contributed by atoms with Gasteiger partial charge in [-0.2, -0.15) is 4.98 Å². The van der Waals surface area contributed by atoms with E-state index in [9.17, 15) is 9.59 Å². The molecule has 1 fully saturated rings. The molecular weight excluding hydrogens is 260 g/mol. The molecule has 0 bridgehead atoms. The Bertz CT molecular complexity index is 527. The Kier molecular flexibility index (Phi) is 3.78. The predicted molar refractivity (Wildman–Crippen MR) is 70.5 cm³/mol. The quantitative estimate of drug-likeness (QED) is 0.880. The van der Waals surface area contributed by atoms with Crippen molar-refractivity contribution in [1.82, 2.24) is 20.4 Å². The molecule has 2 unspecified atom stereocenters. The van der Waals surface area contributed by atoms with Crippen LogP contribution in [0.1, 0.15) is 45.3 Å². The number of rotatable bonds is 4. The highest BCUT2D eigenvalue weighted by molar-refractivity contribution is 5.99. The number of aromatic nitrogens is 2. The van der Waals surface area contributed by atoms with E-state index >= 15 is 0 Å². The van der Waals surface area contributed by atoms with Crippen molar-refractivity contribution < 1.29 is 14.1 Å². The first-order valence-electron chi connectivity index (χ1n) is 6.83. The van der Waals surface area contributed by atoms with Crippen LogP contribution < -0.4 is 5.32 Å². The van der Waals surface area contributed by atoms with Crippen LogP contribution in [-0.4, -0.2) is 38.4 Å². The zero-order chi connectivity index (χ0) is 14.9. The fraction of sp³-hybridized carbons (Fsp3) is 0.692.